The van der Waals surface area contributed by atoms with Gasteiger partial charge in [0.25, 0.3) is 0 Å². The highest BCUT2D eigenvalue weighted by molar-refractivity contribution is 5.77. The second kappa shape index (κ2) is 7.67. The quantitative estimate of drug-likeness (QED) is 0.699. The van der Waals surface area contributed by atoms with Gasteiger partial charge in [-0.3, -0.25) is 9.69 Å². The number of likely N-dealkylation sites (N-methyl/N-ethyl adjacent to an activating group) is 1. The molecule has 0 aromatic heterocycles. The molecule has 4 heteroatoms. The van der Waals surface area contributed by atoms with Gasteiger partial charge in [0.1, 0.15) is 0 Å². The van der Waals surface area contributed by atoms with E-state index in [1.54, 1.807) is 19.0 Å². The fourth-order valence-electron chi connectivity index (χ4n) is 2.17. The SMILES string of the molecule is CCCN(CC(=O)N(C)C)C(CC)(CC)CN. The summed E-state index contributed by atoms with van der Waals surface area (Å²) in [5.74, 6) is 0.151. The normalized spacial score (nSPS) is 11.9. The molecule has 0 aliphatic rings. The van der Waals surface area contributed by atoms with Gasteiger partial charge in [-0.25, -0.2) is 0 Å². The summed E-state index contributed by atoms with van der Waals surface area (Å²) in [5, 5.41) is 0. The molecule has 0 aliphatic carbocycles. The lowest BCUT2D eigenvalue weighted by Gasteiger charge is -2.42. The minimum absolute atomic E-state index is 0.0261. The molecular formula is C13H29N3O. The summed E-state index contributed by atoms with van der Waals surface area (Å²) in [6.07, 6.45) is 3.02. The van der Waals surface area contributed by atoms with Gasteiger partial charge >= 0.3 is 0 Å². The second-order valence-electron chi connectivity index (χ2n) is 4.85. The topological polar surface area (TPSA) is 49.6 Å². The van der Waals surface area contributed by atoms with E-state index < -0.39 is 0 Å². The van der Waals surface area contributed by atoms with Crippen molar-refractivity contribution >= 4 is 5.91 Å². The molecular weight excluding hydrogens is 214 g/mol. The van der Waals surface area contributed by atoms with E-state index >= 15 is 0 Å². The number of carbonyl (C=O) groups is 1. The predicted octanol–water partition coefficient (Wildman–Crippen LogP) is 1.30. The maximum absolute atomic E-state index is 11.9. The van der Waals surface area contributed by atoms with Crippen LogP contribution in [0, 0.1) is 0 Å². The Hall–Kier alpha value is -0.610. The number of rotatable bonds is 8. The molecule has 102 valence electrons. The minimum Gasteiger partial charge on any atom is -0.348 e. The largest absolute Gasteiger partial charge is 0.348 e. The molecule has 0 fully saturated rings. The summed E-state index contributed by atoms with van der Waals surface area (Å²) < 4.78 is 0. The van der Waals surface area contributed by atoms with E-state index in [1.165, 1.54) is 0 Å². The number of hydrogen-bond acceptors (Lipinski definition) is 3. The smallest absolute Gasteiger partial charge is 0.236 e. The Morgan fingerprint density at radius 3 is 2.00 bits per heavy atom. The molecule has 0 spiro atoms. The number of carbonyl (C=O) groups excluding carboxylic acids is 1. The number of amides is 1. The molecule has 0 aromatic carbocycles. The van der Waals surface area contributed by atoms with Crippen molar-refractivity contribution in [1.82, 2.24) is 9.80 Å². The lowest BCUT2D eigenvalue weighted by Crippen LogP contribution is -2.56. The summed E-state index contributed by atoms with van der Waals surface area (Å²) in [6.45, 7) is 8.46. The molecule has 0 aromatic rings. The zero-order chi connectivity index (χ0) is 13.5. The molecule has 0 radical (unpaired) electrons. The first kappa shape index (κ1) is 16.4. The highest BCUT2D eigenvalue weighted by atomic mass is 16.2. The van der Waals surface area contributed by atoms with Crippen LogP contribution in [0.4, 0.5) is 0 Å². The van der Waals surface area contributed by atoms with Crippen molar-refractivity contribution in [3.8, 4) is 0 Å². The molecule has 0 unspecified atom stereocenters. The molecule has 2 N–H and O–H groups in total. The van der Waals surface area contributed by atoms with Crippen LogP contribution in [0.1, 0.15) is 40.0 Å². The third-order valence-electron chi connectivity index (χ3n) is 3.69. The lowest BCUT2D eigenvalue weighted by atomic mass is 9.90. The maximum Gasteiger partial charge on any atom is 0.236 e. The fraction of sp³-hybridized carbons (Fsp3) is 0.923. The third kappa shape index (κ3) is 4.28. The molecule has 0 rings (SSSR count). The van der Waals surface area contributed by atoms with Gasteiger partial charge in [-0.05, 0) is 25.8 Å². The number of hydrogen-bond donors (Lipinski definition) is 1. The zero-order valence-corrected chi connectivity index (χ0v) is 12.1. The van der Waals surface area contributed by atoms with Crippen LogP contribution in [-0.4, -0.2) is 55.0 Å². The zero-order valence-electron chi connectivity index (χ0n) is 12.1. The van der Waals surface area contributed by atoms with E-state index in [4.69, 9.17) is 5.73 Å². The second-order valence-corrected chi connectivity index (χ2v) is 4.85. The van der Waals surface area contributed by atoms with E-state index in [0.29, 0.717) is 13.1 Å². The summed E-state index contributed by atoms with van der Waals surface area (Å²) in [7, 11) is 3.60. The van der Waals surface area contributed by atoms with Gasteiger partial charge < -0.3 is 10.6 Å². The Morgan fingerprint density at radius 1 is 1.18 bits per heavy atom. The Balaban J connectivity index is 4.86. The standard InChI is InChI=1S/C13H29N3O/c1-6-9-16(10-12(17)15(4)5)13(7-2,8-3)11-14/h6-11,14H2,1-5H3. The predicted molar refractivity (Wildman–Crippen MR) is 72.9 cm³/mol. The summed E-state index contributed by atoms with van der Waals surface area (Å²) in [6, 6.07) is 0. The van der Waals surface area contributed by atoms with E-state index in [1.807, 2.05) is 0 Å². The van der Waals surface area contributed by atoms with Crippen LogP contribution in [0.25, 0.3) is 0 Å². The monoisotopic (exact) mass is 243 g/mol. The van der Waals surface area contributed by atoms with Crippen LogP contribution in [-0.2, 0) is 4.79 Å². The van der Waals surface area contributed by atoms with Crippen molar-refractivity contribution in [3.63, 3.8) is 0 Å². The molecule has 1 amide bonds. The first-order valence-corrected chi connectivity index (χ1v) is 6.62. The van der Waals surface area contributed by atoms with E-state index in [9.17, 15) is 4.79 Å². The molecule has 0 atom stereocenters. The average molecular weight is 243 g/mol. The Labute approximate surface area is 106 Å². The van der Waals surface area contributed by atoms with Gasteiger partial charge in [-0.15, -0.1) is 0 Å². The number of nitrogens with two attached hydrogens (primary N) is 1. The van der Waals surface area contributed by atoms with Crippen molar-refractivity contribution in [2.24, 2.45) is 5.73 Å². The highest BCUT2D eigenvalue weighted by Gasteiger charge is 2.32. The average Bonchev–Trinajstić information content (AvgIpc) is 2.32. The van der Waals surface area contributed by atoms with Gasteiger partial charge in [-0.1, -0.05) is 20.8 Å². The molecule has 0 aliphatic heterocycles. The van der Waals surface area contributed by atoms with Crippen LogP contribution < -0.4 is 5.73 Å². The summed E-state index contributed by atoms with van der Waals surface area (Å²) in [4.78, 5) is 15.8. The first-order valence-electron chi connectivity index (χ1n) is 6.62. The van der Waals surface area contributed by atoms with E-state index in [-0.39, 0.29) is 11.4 Å². The molecule has 0 bridgehead atoms. The van der Waals surface area contributed by atoms with Gasteiger partial charge in [0.2, 0.25) is 5.91 Å². The van der Waals surface area contributed by atoms with Crippen LogP contribution >= 0.6 is 0 Å². The van der Waals surface area contributed by atoms with Crippen molar-refractivity contribution in [2.45, 2.75) is 45.6 Å². The third-order valence-corrected chi connectivity index (χ3v) is 3.69. The van der Waals surface area contributed by atoms with Gasteiger partial charge in [0.05, 0.1) is 6.54 Å². The van der Waals surface area contributed by atoms with Crippen LogP contribution in [0.3, 0.4) is 0 Å². The molecule has 0 heterocycles. The van der Waals surface area contributed by atoms with E-state index in [2.05, 4.69) is 25.7 Å². The Morgan fingerprint density at radius 2 is 1.71 bits per heavy atom. The van der Waals surface area contributed by atoms with E-state index in [0.717, 1.165) is 25.8 Å². The molecule has 17 heavy (non-hydrogen) atoms. The first-order chi connectivity index (χ1) is 7.97. The highest BCUT2D eigenvalue weighted by Crippen LogP contribution is 2.23. The fourth-order valence-corrected chi connectivity index (χ4v) is 2.17. The maximum atomic E-state index is 11.9. The minimum atomic E-state index is -0.0261. The Kier molecular flexibility index (Phi) is 7.39. The van der Waals surface area contributed by atoms with Gasteiger partial charge in [-0.2, -0.15) is 0 Å². The summed E-state index contributed by atoms with van der Waals surface area (Å²) in [5.41, 5.74) is 5.92. The van der Waals surface area contributed by atoms with Crippen molar-refractivity contribution in [3.05, 3.63) is 0 Å². The van der Waals surface area contributed by atoms with Gasteiger partial charge in [0, 0.05) is 26.2 Å². The molecule has 0 saturated heterocycles. The molecule has 0 saturated carbocycles. The molecule has 4 nitrogen and oxygen atoms in total. The van der Waals surface area contributed by atoms with Gasteiger partial charge in [0.15, 0.2) is 0 Å². The Bertz CT molecular complexity index is 216. The van der Waals surface area contributed by atoms with Crippen LogP contribution in [0.5, 0.6) is 0 Å². The lowest BCUT2D eigenvalue weighted by molar-refractivity contribution is -0.131. The van der Waals surface area contributed by atoms with Crippen LogP contribution in [0.2, 0.25) is 0 Å². The van der Waals surface area contributed by atoms with Crippen molar-refractivity contribution < 1.29 is 4.79 Å². The summed E-state index contributed by atoms with van der Waals surface area (Å²) >= 11 is 0. The van der Waals surface area contributed by atoms with Crippen molar-refractivity contribution in [1.29, 1.82) is 0 Å². The van der Waals surface area contributed by atoms with Crippen LogP contribution in [0.15, 0.2) is 0 Å². The van der Waals surface area contributed by atoms with Crippen molar-refractivity contribution in [2.75, 3.05) is 33.7 Å². The number of nitrogens with zero attached hydrogens (tertiary/aromatic N) is 2.